The molecule has 174 valence electrons. The first-order chi connectivity index (χ1) is 16.9. The van der Waals surface area contributed by atoms with E-state index in [0.717, 1.165) is 5.56 Å². The molecule has 5 rings (SSSR count). The molecule has 8 nitrogen and oxygen atoms in total. The Bertz CT molecular complexity index is 1510. The summed E-state index contributed by atoms with van der Waals surface area (Å²) < 4.78 is 1.52. The van der Waals surface area contributed by atoms with Crippen molar-refractivity contribution in [2.75, 3.05) is 12.3 Å². The quantitative estimate of drug-likeness (QED) is 0.225. The van der Waals surface area contributed by atoms with Crippen molar-refractivity contribution in [2.45, 2.75) is 11.7 Å². The Morgan fingerprint density at radius 1 is 0.886 bits per heavy atom. The fourth-order valence-corrected chi connectivity index (χ4v) is 4.94. The lowest BCUT2D eigenvalue weighted by atomic mass is 10.1. The van der Waals surface area contributed by atoms with E-state index >= 15 is 0 Å². The number of hydrogen-bond acceptors (Lipinski definition) is 7. The number of amides is 2. The van der Waals surface area contributed by atoms with Crippen LogP contribution in [0.25, 0.3) is 10.9 Å². The van der Waals surface area contributed by atoms with E-state index in [-0.39, 0.29) is 46.9 Å². The highest BCUT2D eigenvalue weighted by Crippen LogP contribution is 2.25. The van der Waals surface area contributed by atoms with Gasteiger partial charge in [0.2, 0.25) is 0 Å². The van der Waals surface area contributed by atoms with Crippen LogP contribution in [0.5, 0.6) is 0 Å². The zero-order valence-electron chi connectivity index (χ0n) is 18.3. The molecule has 1 aliphatic rings. The first-order valence-corrected chi connectivity index (χ1v) is 11.8. The molecule has 0 fully saturated rings. The number of carboxylic acid groups (broad SMARTS) is 1. The van der Waals surface area contributed by atoms with E-state index < -0.39 is 5.97 Å². The van der Waals surface area contributed by atoms with E-state index in [4.69, 9.17) is 0 Å². The largest absolute Gasteiger partial charge is 0.545 e. The Morgan fingerprint density at radius 2 is 1.54 bits per heavy atom. The van der Waals surface area contributed by atoms with E-state index in [0.29, 0.717) is 22.0 Å². The lowest BCUT2D eigenvalue weighted by Crippen LogP contribution is -2.32. The fraction of sp³-hybridized carbons (Fsp3) is 0.115. The average Bonchev–Trinajstić information content (AvgIpc) is 3.11. The number of benzene rings is 3. The second-order valence-electron chi connectivity index (χ2n) is 7.95. The van der Waals surface area contributed by atoms with E-state index in [1.165, 1.54) is 39.4 Å². The van der Waals surface area contributed by atoms with Crippen LogP contribution in [0.3, 0.4) is 0 Å². The van der Waals surface area contributed by atoms with Gasteiger partial charge in [0.1, 0.15) is 0 Å². The summed E-state index contributed by atoms with van der Waals surface area (Å²) in [5.41, 5.74) is 1.50. The highest BCUT2D eigenvalue weighted by molar-refractivity contribution is 7.99. The molecule has 0 radical (unpaired) electrons. The molecule has 1 aromatic heterocycles. The molecule has 0 atom stereocenters. The number of hydrogen-bond donors (Lipinski definition) is 0. The fourth-order valence-electron chi connectivity index (χ4n) is 4.01. The number of fused-ring (bicyclic) bond motifs is 2. The lowest BCUT2D eigenvalue weighted by Gasteiger charge is -2.16. The topological polar surface area (TPSA) is 112 Å². The van der Waals surface area contributed by atoms with Crippen LogP contribution >= 0.6 is 11.8 Å². The average molecular weight is 485 g/mol. The maximum absolute atomic E-state index is 13.3. The maximum atomic E-state index is 13.3. The van der Waals surface area contributed by atoms with Crippen molar-refractivity contribution in [1.82, 2.24) is 14.5 Å². The molecule has 0 spiro atoms. The number of aromatic nitrogens is 2. The van der Waals surface area contributed by atoms with Gasteiger partial charge in [-0.1, -0.05) is 60.3 Å². The summed E-state index contributed by atoms with van der Waals surface area (Å²) in [5, 5.41) is 11.9. The van der Waals surface area contributed by atoms with Crippen molar-refractivity contribution in [2.24, 2.45) is 0 Å². The van der Waals surface area contributed by atoms with Crippen molar-refractivity contribution in [1.29, 1.82) is 0 Å². The number of aromatic carboxylic acids is 1. The SMILES string of the molecule is O=C([O-])c1ccc2c(=O)n(Cc3ccccc3)c(SCCN3C(=O)c4ccccc4C3=O)nc2c1. The predicted molar refractivity (Wildman–Crippen MR) is 128 cm³/mol. The zero-order valence-corrected chi connectivity index (χ0v) is 19.2. The molecule has 1 aliphatic heterocycles. The summed E-state index contributed by atoms with van der Waals surface area (Å²) >= 11 is 1.22. The van der Waals surface area contributed by atoms with Gasteiger partial charge in [-0.05, 0) is 35.4 Å². The standard InChI is InChI=1S/C26H19N3O5S/c30-22-18-8-4-5-9-19(18)23(31)28(22)12-13-35-26-27-21-14-17(25(33)34)10-11-20(21)24(32)29(26)15-16-6-2-1-3-7-16/h1-11,14H,12-13,15H2,(H,33,34)/p-1. The van der Waals surface area contributed by atoms with Gasteiger partial charge in [-0.3, -0.25) is 23.9 Å². The molecular formula is C26H18N3O5S-. The van der Waals surface area contributed by atoms with Gasteiger partial charge >= 0.3 is 0 Å². The smallest absolute Gasteiger partial charge is 0.262 e. The van der Waals surface area contributed by atoms with Crippen LogP contribution in [-0.2, 0) is 6.54 Å². The van der Waals surface area contributed by atoms with Crippen molar-refractivity contribution < 1.29 is 19.5 Å². The van der Waals surface area contributed by atoms with Crippen molar-refractivity contribution in [3.63, 3.8) is 0 Å². The maximum Gasteiger partial charge on any atom is 0.262 e. The van der Waals surface area contributed by atoms with E-state index in [1.807, 2.05) is 30.3 Å². The minimum absolute atomic E-state index is 0.0767. The number of imide groups is 1. The van der Waals surface area contributed by atoms with Gasteiger partial charge < -0.3 is 9.90 Å². The summed E-state index contributed by atoms with van der Waals surface area (Å²) in [4.78, 5) is 55.7. The molecule has 35 heavy (non-hydrogen) atoms. The third-order valence-corrected chi connectivity index (χ3v) is 6.72. The summed E-state index contributed by atoms with van der Waals surface area (Å²) in [6.07, 6.45) is 0. The van der Waals surface area contributed by atoms with Crippen molar-refractivity contribution >= 4 is 40.4 Å². The van der Waals surface area contributed by atoms with Crippen LogP contribution in [-0.4, -0.2) is 44.5 Å². The second kappa shape index (κ2) is 9.19. The Morgan fingerprint density at radius 3 is 2.20 bits per heavy atom. The number of carbonyl (C=O) groups excluding carboxylic acids is 3. The first-order valence-electron chi connectivity index (χ1n) is 10.8. The minimum atomic E-state index is -1.36. The lowest BCUT2D eigenvalue weighted by molar-refractivity contribution is -0.255. The van der Waals surface area contributed by atoms with E-state index in [2.05, 4.69) is 4.98 Å². The van der Waals surface area contributed by atoms with Gasteiger partial charge in [0.15, 0.2) is 5.16 Å². The molecule has 0 bridgehead atoms. The second-order valence-corrected chi connectivity index (χ2v) is 9.01. The Hall–Kier alpha value is -4.24. The van der Waals surface area contributed by atoms with Gasteiger partial charge in [0.25, 0.3) is 17.4 Å². The highest BCUT2D eigenvalue weighted by atomic mass is 32.2. The number of carboxylic acids is 1. The number of rotatable bonds is 7. The summed E-state index contributed by atoms with van der Waals surface area (Å²) in [6.45, 7) is 0.398. The summed E-state index contributed by atoms with van der Waals surface area (Å²) in [5.74, 6) is -1.75. The first kappa shape index (κ1) is 22.5. The van der Waals surface area contributed by atoms with Crippen LogP contribution in [0.1, 0.15) is 36.6 Å². The normalized spacial score (nSPS) is 12.9. The third kappa shape index (κ3) is 4.22. The Balaban J connectivity index is 1.46. The number of carbonyl (C=O) groups is 3. The van der Waals surface area contributed by atoms with Gasteiger partial charge in [0.05, 0.1) is 34.5 Å². The van der Waals surface area contributed by atoms with Gasteiger partial charge in [-0.15, -0.1) is 0 Å². The molecule has 9 heteroatoms. The van der Waals surface area contributed by atoms with Gasteiger partial charge in [-0.2, -0.15) is 0 Å². The molecule has 0 saturated carbocycles. The van der Waals surface area contributed by atoms with Crippen LogP contribution in [0.4, 0.5) is 0 Å². The molecule has 0 unspecified atom stereocenters. The van der Waals surface area contributed by atoms with E-state index in [1.54, 1.807) is 24.3 Å². The molecule has 3 aromatic carbocycles. The van der Waals surface area contributed by atoms with E-state index in [9.17, 15) is 24.3 Å². The summed E-state index contributed by atoms with van der Waals surface area (Å²) in [7, 11) is 0. The molecule has 0 saturated heterocycles. The van der Waals surface area contributed by atoms with Gasteiger partial charge in [-0.25, -0.2) is 4.98 Å². The Labute approximate surface area is 203 Å². The number of nitrogens with zero attached hydrogens (tertiary/aromatic N) is 3. The van der Waals surface area contributed by atoms with Crippen LogP contribution in [0, 0.1) is 0 Å². The minimum Gasteiger partial charge on any atom is -0.545 e. The molecule has 4 aromatic rings. The molecule has 2 heterocycles. The summed E-state index contributed by atoms with van der Waals surface area (Å²) in [6, 6.07) is 20.2. The molecule has 0 N–H and O–H groups in total. The van der Waals surface area contributed by atoms with Crippen LogP contribution in [0.15, 0.2) is 82.7 Å². The highest BCUT2D eigenvalue weighted by Gasteiger charge is 2.34. The van der Waals surface area contributed by atoms with Crippen LogP contribution < -0.4 is 10.7 Å². The molecule has 0 aliphatic carbocycles. The molecule has 2 amide bonds. The Kier molecular flexibility index (Phi) is 5.92. The van der Waals surface area contributed by atoms with Crippen molar-refractivity contribution in [3.8, 4) is 0 Å². The monoisotopic (exact) mass is 484 g/mol. The number of thioether (sulfide) groups is 1. The van der Waals surface area contributed by atoms with Crippen molar-refractivity contribution in [3.05, 3.63) is 105 Å². The van der Waals surface area contributed by atoms with Gasteiger partial charge in [0, 0.05) is 12.3 Å². The zero-order chi connectivity index (χ0) is 24.5. The third-order valence-electron chi connectivity index (χ3n) is 5.76. The molecular weight excluding hydrogens is 466 g/mol. The predicted octanol–water partition coefficient (Wildman–Crippen LogP) is 2.20. The van der Waals surface area contributed by atoms with Crippen LogP contribution in [0.2, 0.25) is 0 Å².